The van der Waals surface area contributed by atoms with Crippen molar-refractivity contribution in [3.8, 4) is 0 Å². The Kier molecular flexibility index (Phi) is 2.59. The number of hydrogen-bond donors (Lipinski definition) is 0. The maximum Gasteiger partial charge on any atom is 0.230 e. The minimum absolute atomic E-state index is 0.731. The van der Waals surface area contributed by atoms with E-state index in [1.807, 2.05) is 0 Å². The lowest BCUT2D eigenvalue weighted by Gasteiger charge is -2.29. The maximum atomic E-state index is 5.11. The van der Waals surface area contributed by atoms with Gasteiger partial charge in [-0.2, -0.15) is 0 Å². The van der Waals surface area contributed by atoms with E-state index in [2.05, 4.69) is 22.0 Å². The molecule has 0 bridgehead atoms. The van der Waals surface area contributed by atoms with Crippen molar-refractivity contribution in [1.82, 2.24) is 15.1 Å². The molecule has 1 saturated heterocycles. The topological polar surface area (TPSA) is 42.2 Å². The van der Waals surface area contributed by atoms with E-state index in [1.165, 1.54) is 19.2 Å². The van der Waals surface area contributed by atoms with Crippen molar-refractivity contribution in [2.24, 2.45) is 5.92 Å². The zero-order valence-electron chi connectivity index (χ0n) is 7.94. The molecule has 0 spiro atoms. The van der Waals surface area contributed by atoms with E-state index in [9.17, 15) is 0 Å². The molecule has 1 aliphatic heterocycles. The van der Waals surface area contributed by atoms with Crippen molar-refractivity contribution in [3.05, 3.63) is 12.3 Å². The second-order valence-corrected chi connectivity index (χ2v) is 3.81. The van der Waals surface area contributed by atoms with E-state index < -0.39 is 0 Å². The highest BCUT2D eigenvalue weighted by atomic mass is 16.4. The van der Waals surface area contributed by atoms with Gasteiger partial charge in [-0.1, -0.05) is 6.92 Å². The molecule has 0 amide bonds. The van der Waals surface area contributed by atoms with Gasteiger partial charge < -0.3 is 4.42 Å². The molecule has 1 fully saturated rings. The molecule has 13 heavy (non-hydrogen) atoms. The highest BCUT2D eigenvalue weighted by molar-refractivity contribution is 4.77. The van der Waals surface area contributed by atoms with Crippen LogP contribution in [-0.4, -0.2) is 28.2 Å². The van der Waals surface area contributed by atoms with Gasteiger partial charge in [-0.15, -0.1) is 10.2 Å². The first-order valence-electron chi connectivity index (χ1n) is 4.82. The third-order valence-corrected chi connectivity index (χ3v) is 2.51. The fraction of sp³-hybridized carbons (Fsp3) is 0.778. The molecule has 4 heteroatoms. The Balaban J connectivity index is 1.87. The summed E-state index contributed by atoms with van der Waals surface area (Å²) in [5, 5.41) is 7.54. The SMILES string of the molecule is CC1CCCN(Cc2nnco2)C1. The predicted octanol–water partition coefficient (Wildman–Crippen LogP) is 1.30. The van der Waals surface area contributed by atoms with Crippen LogP contribution in [0.4, 0.5) is 0 Å². The first kappa shape index (κ1) is 8.69. The summed E-state index contributed by atoms with van der Waals surface area (Å²) in [5.74, 6) is 1.53. The zero-order chi connectivity index (χ0) is 9.10. The van der Waals surface area contributed by atoms with E-state index >= 15 is 0 Å². The largest absolute Gasteiger partial charge is 0.427 e. The van der Waals surface area contributed by atoms with Crippen LogP contribution in [0.25, 0.3) is 0 Å². The molecule has 0 aliphatic carbocycles. The number of nitrogens with zero attached hydrogens (tertiary/aromatic N) is 3. The molecule has 1 unspecified atom stereocenters. The number of piperidine rings is 1. The summed E-state index contributed by atoms with van der Waals surface area (Å²) in [6.07, 6.45) is 4.03. The standard InChI is InChI=1S/C9H15N3O/c1-8-3-2-4-12(5-8)6-9-11-10-7-13-9/h7-8H,2-6H2,1H3. The van der Waals surface area contributed by atoms with Gasteiger partial charge in [-0.3, -0.25) is 4.90 Å². The Labute approximate surface area is 77.9 Å². The van der Waals surface area contributed by atoms with Gasteiger partial charge >= 0.3 is 0 Å². The molecule has 0 saturated carbocycles. The molecule has 0 N–H and O–H groups in total. The summed E-state index contributed by atoms with van der Waals surface area (Å²) >= 11 is 0. The van der Waals surface area contributed by atoms with Crippen molar-refractivity contribution < 1.29 is 4.42 Å². The second kappa shape index (κ2) is 3.87. The van der Waals surface area contributed by atoms with Crippen LogP contribution >= 0.6 is 0 Å². The minimum atomic E-state index is 0.731. The van der Waals surface area contributed by atoms with E-state index in [0.717, 1.165) is 31.4 Å². The minimum Gasteiger partial charge on any atom is -0.427 e. The van der Waals surface area contributed by atoms with Crippen LogP contribution in [0.1, 0.15) is 25.7 Å². The monoisotopic (exact) mass is 181 g/mol. The fourth-order valence-corrected chi connectivity index (χ4v) is 1.89. The molecule has 2 heterocycles. The van der Waals surface area contributed by atoms with Crippen LogP contribution < -0.4 is 0 Å². The average Bonchev–Trinajstić information content (AvgIpc) is 2.57. The molecule has 1 aromatic heterocycles. The second-order valence-electron chi connectivity index (χ2n) is 3.81. The molecule has 2 rings (SSSR count). The summed E-state index contributed by atoms with van der Waals surface area (Å²) in [5.41, 5.74) is 0. The summed E-state index contributed by atoms with van der Waals surface area (Å²) in [6, 6.07) is 0. The Morgan fingerprint density at radius 3 is 3.31 bits per heavy atom. The number of hydrogen-bond acceptors (Lipinski definition) is 4. The van der Waals surface area contributed by atoms with Crippen molar-refractivity contribution in [1.29, 1.82) is 0 Å². The first-order valence-corrected chi connectivity index (χ1v) is 4.82. The molecule has 0 radical (unpaired) electrons. The van der Waals surface area contributed by atoms with Crippen molar-refractivity contribution in [2.45, 2.75) is 26.3 Å². The fourth-order valence-electron chi connectivity index (χ4n) is 1.89. The van der Waals surface area contributed by atoms with Crippen LogP contribution in [0.3, 0.4) is 0 Å². The Bertz CT molecular complexity index is 247. The van der Waals surface area contributed by atoms with Crippen molar-refractivity contribution >= 4 is 0 Å². The van der Waals surface area contributed by atoms with Crippen molar-refractivity contribution in [3.63, 3.8) is 0 Å². The van der Waals surface area contributed by atoms with Gasteiger partial charge in [0.25, 0.3) is 0 Å². The van der Waals surface area contributed by atoms with Crippen LogP contribution in [-0.2, 0) is 6.54 Å². The third-order valence-electron chi connectivity index (χ3n) is 2.51. The average molecular weight is 181 g/mol. The molecule has 1 aliphatic rings. The zero-order valence-corrected chi connectivity index (χ0v) is 7.94. The van der Waals surface area contributed by atoms with Gasteiger partial charge in [-0.25, -0.2) is 0 Å². The highest BCUT2D eigenvalue weighted by Crippen LogP contribution is 2.16. The van der Waals surface area contributed by atoms with Crippen LogP contribution in [0, 0.1) is 5.92 Å². The highest BCUT2D eigenvalue weighted by Gasteiger charge is 2.17. The molecular formula is C9H15N3O. The lowest BCUT2D eigenvalue weighted by Crippen LogP contribution is -2.33. The number of likely N-dealkylation sites (tertiary alicyclic amines) is 1. The van der Waals surface area contributed by atoms with Crippen LogP contribution in [0.2, 0.25) is 0 Å². The molecule has 0 aromatic carbocycles. The van der Waals surface area contributed by atoms with Crippen LogP contribution in [0.5, 0.6) is 0 Å². The molecule has 72 valence electrons. The molecular weight excluding hydrogens is 166 g/mol. The molecule has 1 atom stereocenters. The Hall–Kier alpha value is -0.900. The van der Waals surface area contributed by atoms with Crippen molar-refractivity contribution in [2.75, 3.05) is 13.1 Å². The predicted molar refractivity (Wildman–Crippen MR) is 48.0 cm³/mol. The van der Waals surface area contributed by atoms with E-state index in [-0.39, 0.29) is 0 Å². The van der Waals surface area contributed by atoms with Gasteiger partial charge in [0.2, 0.25) is 12.3 Å². The lowest BCUT2D eigenvalue weighted by molar-refractivity contribution is 0.162. The summed E-state index contributed by atoms with van der Waals surface area (Å²) in [4.78, 5) is 2.38. The quantitative estimate of drug-likeness (QED) is 0.689. The smallest absolute Gasteiger partial charge is 0.230 e. The number of aromatic nitrogens is 2. The third kappa shape index (κ3) is 2.28. The lowest BCUT2D eigenvalue weighted by atomic mass is 10.0. The molecule has 4 nitrogen and oxygen atoms in total. The first-order chi connectivity index (χ1) is 6.34. The maximum absolute atomic E-state index is 5.11. The number of rotatable bonds is 2. The van der Waals surface area contributed by atoms with Gasteiger partial charge in [0.1, 0.15) is 0 Å². The van der Waals surface area contributed by atoms with Crippen LogP contribution in [0.15, 0.2) is 10.8 Å². The van der Waals surface area contributed by atoms with E-state index in [4.69, 9.17) is 4.42 Å². The van der Waals surface area contributed by atoms with Gasteiger partial charge in [0.05, 0.1) is 6.54 Å². The van der Waals surface area contributed by atoms with E-state index in [1.54, 1.807) is 0 Å². The Morgan fingerprint density at radius 1 is 1.69 bits per heavy atom. The Morgan fingerprint density at radius 2 is 2.62 bits per heavy atom. The van der Waals surface area contributed by atoms with Gasteiger partial charge in [0, 0.05) is 6.54 Å². The van der Waals surface area contributed by atoms with Gasteiger partial charge in [-0.05, 0) is 25.3 Å². The summed E-state index contributed by atoms with van der Waals surface area (Å²) in [7, 11) is 0. The van der Waals surface area contributed by atoms with Gasteiger partial charge in [0.15, 0.2) is 0 Å². The molecule has 1 aromatic rings. The summed E-state index contributed by atoms with van der Waals surface area (Å²) in [6.45, 7) is 5.42. The normalized spacial score (nSPS) is 24.8. The van der Waals surface area contributed by atoms with E-state index in [0.29, 0.717) is 0 Å². The summed E-state index contributed by atoms with van der Waals surface area (Å²) < 4.78 is 5.11.